The summed E-state index contributed by atoms with van der Waals surface area (Å²) in [7, 11) is 0. The first kappa shape index (κ1) is 15.5. The molecule has 2 atom stereocenters. The maximum absolute atomic E-state index is 13.6. The first-order valence-electron chi connectivity index (χ1n) is 7.78. The highest BCUT2D eigenvalue weighted by atomic mass is 19.1. The quantitative estimate of drug-likeness (QED) is 0.917. The fraction of sp³-hybridized carbons (Fsp3) is 0.438. The van der Waals surface area contributed by atoms with Gasteiger partial charge in [0.15, 0.2) is 17.3 Å². The number of hydrogen-bond acceptors (Lipinski definition) is 4. The maximum atomic E-state index is 13.6. The van der Waals surface area contributed by atoms with E-state index >= 15 is 0 Å². The summed E-state index contributed by atoms with van der Waals surface area (Å²) in [4.78, 5) is 16.0. The molecule has 7 heteroatoms. The van der Waals surface area contributed by atoms with Gasteiger partial charge in [0.2, 0.25) is 0 Å². The standard InChI is InChI=1S/C16H19FN4O2/c1-2-21-10-11(9-19-21)23-14-7-3-6-13(14)20-16(22)15-12(17)5-4-8-18-15/h4-5,8-10,13-14H,2-3,6-7H2,1H3,(H,20,22)/t13-,14+/m0/s1. The second kappa shape index (κ2) is 6.76. The van der Waals surface area contributed by atoms with Gasteiger partial charge in [-0.25, -0.2) is 9.37 Å². The molecule has 0 unspecified atom stereocenters. The van der Waals surface area contributed by atoms with Gasteiger partial charge in [0.1, 0.15) is 6.10 Å². The molecular weight excluding hydrogens is 299 g/mol. The van der Waals surface area contributed by atoms with Crippen LogP contribution in [-0.2, 0) is 6.54 Å². The highest BCUT2D eigenvalue weighted by Gasteiger charge is 2.31. The fourth-order valence-corrected chi connectivity index (χ4v) is 2.77. The van der Waals surface area contributed by atoms with Gasteiger partial charge in [0.05, 0.1) is 18.4 Å². The minimum atomic E-state index is -0.621. The third-order valence-electron chi connectivity index (χ3n) is 3.96. The summed E-state index contributed by atoms with van der Waals surface area (Å²) >= 11 is 0. The van der Waals surface area contributed by atoms with E-state index in [-0.39, 0.29) is 17.8 Å². The van der Waals surface area contributed by atoms with Crippen LogP contribution in [0.3, 0.4) is 0 Å². The Morgan fingerprint density at radius 2 is 2.39 bits per heavy atom. The molecule has 0 aliphatic heterocycles. The molecule has 0 aromatic carbocycles. The smallest absolute Gasteiger partial charge is 0.273 e. The lowest BCUT2D eigenvalue weighted by atomic mass is 10.2. The lowest BCUT2D eigenvalue weighted by Crippen LogP contribution is -2.43. The second-order valence-electron chi connectivity index (χ2n) is 5.53. The zero-order valence-electron chi connectivity index (χ0n) is 12.9. The van der Waals surface area contributed by atoms with Crippen molar-refractivity contribution in [2.75, 3.05) is 0 Å². The molecular formula is C16H19FN4O2. The molecule has 1 amide bonds. The molecule has 0 spiro atoms. The zero-order valence-corrected chi connectivity index (χ0v) is 12.9. The predicted molar refractivity (Wildman–Crippen MR) is 81.6 cm³/mol. The highest BCUT2D eigenvalue weighted by molar-refractivity contribution is 5.92. The molecule has 2 aromatic heterocycles. The number of ether oxygens (including phenoxy) is 1. The van der Waals surface area contributed by atoms with Crippen molar-refractivity contribution in [1.82, 2.24) is 20.1 Å². The summed E-state index contributed by atoms with van der Waals surface area (Å²) in [5.74, 6) is -0.445. The molecule has 0 bridgehead atoms. The van der Waals surface area contributed by atoms with Gasteiger partial charge in [-0.3, -0.25) is 9.48 Å². The normalized spacial score (nSPS) is 20.4. The number of carbonyl (C=O) groups is 1. The Bertz CT molecular complexity index is 688. The summed E-state index contributed by atoms with van der Waals surface area (Å²) in [6, 6.07) is 2.52. The fourth-order valence-electron chi connectivity index (χ4n) is 2.77. The number of amides is 1. The van der Waals surface area contributed by atoms with Gasteiger partial charge in [-0.2, -0.15) is 5.10 Å². The molecule has 3 rings (SSSR count). The van der Waals surface area contributed by atoms with Crippen LogP contribution in [0.4, 0.5) is 4.39 Å². The van der Waals surface area contributed by atoms with E-state index in [0.29, 0.717) is 5.75 Å². The van der Waals surface area contributed by atoms with Crippen LogP contribution in [0.5, 0.6) is 5.75 Å². The largest absolute Gasteiger partial charge is 0.485 e. The number of nitrogens with one attached hydrogen (secondary N) is 1. The van der Waals surface area contributed by atoms with Gasteiger partial charge < -0.3 is 10.1 Å². The van der Waals surface area contributed by atoms with Crippen LogP contribution in [0.25, 0.3) is 0 Å². The first-order chi connectivity index (χ1) is 11.2. The van der Waals surface area contributed by atoms with Gasteiger partial charge in [0.25, 0.3) is 5.91 Å². The summed E-state index contributed by atoms with van der Waals surface area (Å²) in [6.07, 6.45) is 7.34. The van der Waals surface area contributed by atoms with E-state index in [0.717, 1.165) is 25.8 Å². The van der Waals surface area contributed by atoms with E-state index < -0.39 is 11.7 Å². The Morgan fingerprint density at radius 3 is 3.13 bits per heavy atom. The average Bonchev–Trinajstić information content (AvgIpc) is 3.18. The Morgan fingerprint density at radius 1 is 1.52 bits per heavy atom. The minimum Gasteiger partial charge on any atom is -0.485 e. The van der Waals surface area contributed by atoms with Crippen LogP contribution >= 0.6 is 0 Å². The molecule has 2 aromatic rings. The van der Waals surface area contributed by atoms with Crippen molar-refractivity contribution >= 4 is 5.91 Å². The third-order valence-corrected chi connectivity index (χ3v) is 3.96. The molecule has 1 aliphatic rings. The van der Waals surface area contributed by atoms with Crippen molar-refractivity contribution in [2.24, 2.45) is 0 Å². The highest BCUT2D eigenvalue weighted by Crippen LogP contribution is 2.25. The van der Waals surface area contributed by atoms with E-state index in [4.69, 9.17) is 4.74 Å². The van der Waals surface area contributed by atoms with Gasteiger partial charge in [-0.1, -0.05) is 0 Å². The van der Waals surface area contributed by atoms with Gasteiger partial charge in [-0.05, 0) is 38.3 Å². The van der Waals surface area contributed by atoms with Crippen LogP contribution in [0.2, 0.25) is 0 Å². The Labute approximate surface area is 133 Å². The first-order valence-corrected chi connectivity index (χ1v) is 7.78. The van der Waals surface area contributed by atoms with E-state index in [2.05, 4.69) is 15.4 Å². The topological polar surface area (TPSA) is 69.0 Å². The average molecular weight is 318 g/mol. The molecule has 1 aliphatic carbocycles. The second-order valence-corrected chi connectivity index (χ2v) is 5.53. The van der Waals surface area contributed by atoms with Crippen molar-refractivity contribution in [3.63, 3.8) is 0 Å². The molecule has 0 saturated heterocycles. The number of nitrogens with zero attached hydrogens (tertiary/aromatic N) is 3. The SMILES string of the molecule is CCn1cc(O[C@@H]2CCC[C@@H]2NC(=O)c2ncccc2F)cn1. The number of hydrogen-bond donors (Lipinski definition) is 1. The number of aryl methyl sites for hydroxylation is 1. The van der Waals surface area contributed by atoms with Crippen molar-refractivity contribution in [2.45, 2.75) is 44.9 Å². The minimum absolute atomic E-state index is 0.139. The summed E-state index contributed by atoms with van der Waals surface area (Å²) in [6.45, 7) is 2.77. The van der Waals surface area contributed by atoms with E-state index in [1.54, 1.807) is 10.9 Å². The monoisotopic (exact) mass is 318 g/mol. The number of rotatable bonds is 5. The van der Waals surface area contributed by atoms with Crippen molar-refractivity contribution in [3.05, 3.63) is 42.2 Å². The Balaban J connectivity index is 1.65. The van der Waals surface area contributed by atoms with Crippen LogP contribution in [0.1, 0.15) is 36.7 Å². The summed E-state index contributed by atoms with van der Waals surface area (Å²) < 4.78 is 21.3. The number of halogens is 1. The van der Waals surface area contributed by atoms with Crippen molar-refractivity contribution in [1.29, 1.82) is 0 Å². The van der Waals surface area contributed by atoms with Gasteiger partial charge in [0, 0.05) is 12.7 Å². The Hall–Kier alpha value is -2.44. The summed E-state index contributed by atoms with van der Waals surface area (Å²) in [5, 5.41) is 7.00. The molecule has 122 valence electrons. The maximum Gasteiger partial charge on any atom is 0.273 e. The molecule has 1 saturated carbocycles. The van der Waals surface area contributed by atoms with E-state index in [9.17, 15) is 9.18 Å². The van der Waals surface area contributed by atoms with Crippen LogP contribution in [-0.4, -0.2) is 32.8 Å². The number of pyridine rings is 1. The lowest BCUT2D eigenvalue weighted by Gasteiger charge is -2.21. The number of aromatic nitrogens is 3. The van der Waals surface area contributed by atoms with E-state index in [1.807, 2.05) is 13.1 Å². The number of carbonyl (C=O) groups excluding carboxylic acids is 1. The van der Waals surface area contributed by atoms with Crippen molar-refractivity contribution < 1.29 is 13.9 Å². The van der Waals surface area contributed by atoms with E-state index in [1.165, 1.54) is 18.3 Å². The third kappa shape index (κ3) is 3.49. The van der Waals surface area contributed by atoms with Crippen LogP contribution in [0, 0.1) is 5.82 Å². The Kier molecular flexibility index (Phi) is 4.55. The molecule has 2 heterocycles. The molecule has 0 radical (unpaired) electrons. The van der Waals surface area contributed by atoms with Crippen molar-refractivity contribution in [3.8, 4) is 5.75 Å². The summed E-state index contributed by atoms with van der Waals surface area (Å²) in [5.41, 5.74) is -0.183. The zero-order chi connectivity index (χ0) is 16.2. The molecule has 23 heavy (non-hydrogen) atoms. The van der Waals surface area contributed by atoms with Crippen LogP contribution < -0.4 is 10.1 Å². The molecule has 1 fully saturated rings. The molecule has 1 N–H and O–H groups in total. The lowest BCUT2D eigenvalue weighted by molar-refractivity contribution is 0.0884. The van der Waals surface area contributed by atoms with Gasteiger partial charge >= 0.3 is 0 Å². The van der Waals surface area contributed by atoms with Crippen LogP contribution in [0.15, 0.2) is 30.7 Å². The van der Waals surface area contributed by atoms with Gasteiger partial charge in [-0.15, -0.1) is 0 Å². The predicted octanol–water partition coefficient (Wildman–Crippen LogP) is 2.17. The molecule has 6 nitrogen and oxygen atoms in total.